The number of ether oxygens (including phenoxy) is 1. The minimum atomic E-state index is -2.27. The van der Waals surface area contributed by atoms with Crippen LogP contribution in [0.25, 0.3) is 0 Å². The highest BCUT2D eigenvalue weighted by Crippen LogP contribution is 2.30. The molecule has 8 nitrogen and oxygen atoms in total. The second kappa shape index (κ2) is 10.7. The number of aliphatic carboxylic acids is 2. The first-order chi connectivity index (χ1) is 13.8. The number of aliphatic hydroxyl groups excluding tert-OH is 2. The number of likely N-dealkylation sites (N-methyl/N-ethyl adjacent to an activating group) is 1. The fourth-order valence-corrected chi connectivity index (χ4v) is 2.89. The lowest BCUT2D eigenvalue weighted by molar-refractivity contribution is -0.165. The zero-order valence-corrected chi connectivity index (χ0v) is 16.0. The van der Waals surface area contributed by atoms with Crippen LogP contribution in [0, 0.1) is 0 Å². The lowest BCUT2D eigenvalue weighted by Gasteiger charge is -2.28. The number of benzene rings is 2. The Morgan fingerprint density at radius 2 is 1.52 bits per heavy atom. The van der Waals surface area contributed by atoms with Crippen molar-refractivity contribution < 1.29 is 34.8 Å². The van der Waals surface area contributed by atoms with Crippen LogP contribution in [0.4, 0.5) is 0 Å². The molecule has 29 heavy (non-hydrogen) atoms. The summed E-state index contributed by atoms with van der Waals surface area (Å²) in [4.78, 5) is 21.8. The molecule has 0 spiro atoms. The number of hydrogen-bond donors (Lipinski definition) is 4. The number of fused-ring (bicyclic) bond motifs is 1. The average Bonchev–Trinajstić information content (AvgIpc) is 2.70. The van der Waals surface area contributed by atoms with E-state index in [4.69, 9.17) is 25.2 Å². The van der Waals surface area contributed by atoms with Crippen molar-refractivity contribution in [3.05, 3.63) is 71.3 Å². The normalized spacial score (nSPS) is 18.8. The van der Waals surface area contributed by atoms with Crippen molar-refractivity contribution in [2.24, 2.45) is 0 Å². The highest BCUT2D eigenvalue weighted by molar-refractivity contribution is 5.83. The molecule has 0 radical (unpaired) electrons. The van der Waals surface area contributed by atoms with E-state index in [1.54, 1.807) is 0 Å². The van der Waals surface area contributed by atoms with Crippen molar-refractivity contribution in [3.8, 4) is 0 Å². The van der Waals surface area contributed by atoms with Gasteiger partial charge in [0.2, 0.25) is 0 Å². The third-order valence-electron chi connectivity index (χ3n) is 4.44. The predicted octanol–water partition coefficient (Wildman–Crippen LogP) is 1.12. The zero-order chi connectivity index (χ0) is 21.4. The molecule has 3 rings (SSSR count). The van der Waals surface area contributed by atoms with Gasteiger partial charge in [-0.1, -0.05) is 54.6 Å². The minimum absolute atomic E-state index is 0.0612. The topological polar surface area (TPSA) is 128 Å². The van der Waals surface area contributed by atoms with Crippen LogP contribution in [-0.4, -0.2) is 69.7 Å². The van der Waals surface area contributed by atoms with Crippen molar-refractivity contribution in [2.45, 2.75) is 24.9 Å². The van der Waals surface area contributed by atoms with E-state index < -0.39 is 24.1 Å². The van der Waals surface area contributed by atoms with Crippen molar-refractivity contribution in [3.63, 3.8) is 0 Å². The molecule has 0 saturated heterocycles. The number of carbonyl (C=O) groups is 2. The molecule has 1 heterocycles. The summed E-state index contributed by atoms with van der Waals surface area (Å²) < 4.78 is 6.12. The van der Waals surface area contributed by atoms with Crippen molar-refractivity contribution in [2.75, 3.05) is 20.2 Å². The smallest absolute Gasteiger partial charge is 0.335 e. The molecule has 0 aromatic heterocycles. The third-order valence-corrected chi connectivity index (χ3v) is 4.44. The van der Waals surface area contributed by atoms with Crippen LogP contribution >= 0.6 is 0 Å². The Balaban J connectivity index is 0.000000257. The lowest BCUT2D eigenvalue weighted by Crippen LogP contribution is -2.39. The number of aliphatic hydroxyl groups is 2. The van der Waals surface area contributed by atoms with E-state index in [9.17, 15) is 9.59 Å². The number of carboxylic acid groups (broad SMARTS) is 2. The summed E-state index contributed by atoms with van der Waals surface area (Å²) in [5, 5.41) is 32.5. The number of carboxylic acids is 2. The Morgan fingerprint density at radius 1 is 0.966 bits per heavy atom. The highest BCUT2D eigenvalue weighted by Gasteiger charge is 2.29. The van der Waals surface area contributed by atoms with Gasteiger partial charge in [0.05, 0.1) is 6.61 Å². The van der Waals surface area contributed by atoms with Gasteiger partial charge in [0.1, 0.15) is 6.10 Å². The molecule has 2 aromatic rings. The summed E-state index contributed by atoms with van der Waals surface area (Å²) in [7, 11) is 2.14. The monoisotopic (exact) mass is 403 g/mol. The van der Waals surface area contributed by atoms with Gasteiger partial charge in [-0.3, -0.25) is 4.90 Å². The summed E-state index contributed by atoms with van der Waals surface area (Å²) in [6.07, 6.45) is -4.47. The van der Waals surface area contributed by atoms with Crippen LogP contribution in [0.3, 0.4) is 0 Å². The molecular weight excluding hydrogens is 378 g/mol. The molecule has 0 fully saturated rings. The van der Waals surface area contributed by atoms with E-state index in [0.717, 1.165) is 19.7 Å². The van der Waals surface area contributed by atoms with E-state index >= 15 is 0 Å². The van der Waals surface area contributed by atoms with E-state index in [2.05, 4.69) is 60.5 Å². The Bertz CT molecular complexity index is 794. The molecule has 0 bridgehead atoms. The minimum Gasteiger partial charge on any atom is -0.479 e. The zero-order valence-electron chi connectivity index (χ0n) is 16.0. The Labute approximate surface area is 168 Å². The van der Waals surface area contributed by atoms with Gasteiger partial charge in [-0.15, -0.1) is 0 Å². The first-order valence-electron chi connectivity index (χ1n) is 9.06. The molecule has 0 amide bonds. The summed E-state index contributed by atoms with van der Waals surface area (Å²) >= 11 is 0. The van der Waals surface area contributed by atoms with Crippen molar-refractivity contribution in [1.29, 1.82) is 0 Å². The van der Waals surface area contributed by atoms with Crippen LogP contribution in [0.5, 0.6) is 0 Å². The van der Waals surface area contributed by atoms with Gasteiger partial charge >= 0.3 is 11.9 Å². The van der Waals surface area contributed by atoms with Crippen LogP contribution < -0.4 is 0 Å². The van der Waals surface area contributed by atoms with Crippen LogP contribution in [-0.2, 0) is 20.9 Å². The van der Waals surface area contributed by atoms with Crippen molar-refractivity contribution >= 4 is 11.9 Å². The summed E-state index contributed by atoms with van der Waals surface area (Å²) in [6, 6.07) is 19.1. The maximum atomic E-state index is 9.77. The quantitative estimate of drug-likeness (QED) is 0.598. The second-order valence-corrected chi connectivity index (χ2v) is 6.66. The summed E-state index contributed by atoms with van der Waals surface area (Å²) in [5.41, 5.74) is 3.89. The number of rotatable bonds is 4. The summed E-state index contributed by atoms with van der Waals surface area (Å²) in [5.74, 6) is -3.54. The maximum absolute atomic E-state index is 9.77. The molecule has 1 aliphatic rings. The van der Waals surface area contributed by atoms with Gasteiger partial charge in [0.25, 0.3) is 0 Å². The first kappa shape index (κ1) is 22.5. The van der Waals surface area contributed by atoms with Crippen molar-refractivity contribution in [1.82, 2.24) is 4.90 Å². The molecule has 0 saturated carbocycles. The Morgan fingerprint density at radius 3 is 2.10 bits per heavy atom. The largest absolute Gasteiger partial charge is 0.479 e. The van der Waals surface area contributed by atoms with Gasteiger partial charge < -0.3 is 25.2 Å². The first-order valence-corrected chi connectivity index (χ1v) is 9.06. The molecule has 3 unspecified atom stereocenters. The van der Waals surface area contributed by atoms with E-state index in [1.807, 2.05) is 6.07 Å². The van der Waals surface area contributed by atoms with E-state index in [1.165, 1.54) is 16.7 Å². The Hall–Kier alpha value is -2.78. The standard InChI is InChI=1S/C17H19NO.C4H6O6/c1-18-11-12-19-17(14-7-3-2-4-8-14)16-10-6-5-9-15(16)13-18;5-1(3(7)8)2(6)4(9)10/h2-10,17H,11-13H2,1H3;1-2,5-6H,(H,7,8)(H,9,10). The summed E-state index contributed by atoms with van der Waals surface area (Å²) in [6.45, 7) is 2.73. The molecule has 8 heteroatoms. The number of nitrogens with zero attached hydrogens (tertiary/aromatic N) is 1. The molecule has 1 aliphatic heterocycles. The molecule has 3 atom stereocenters. The SMILES string of the molecule is CN1CCOC(c2ccccc2)c2ccccc2C1.O=C(O)C(O)C(O)C(=O)O. The molecule has 2 aromatic carbocycles. The van der Waals surface area contributed by atoms with Crippen LogP contribution in [0.15, 0.2) is 54.6 Å². The van der Waals surface area contributed by atoms with Gasteiger partial charge in [-0.25, -0.2) is 9.59 Å². The highest BCUT2D eigenvalue weighted by atomic mass is 16.5. The van der Waals surface area contributed by atoms with Gasteiger partial charge in [-0.2, -0.15) is 0 Å². The van der Waals surface area contributed by atoms with Crippen LogP contribution in [0.2, 0.25) is 0 Å². The van der Waals surface area contributed by atoms with Gasteiger partial charge in [0.15, 0.2) is 12.2 Å². The van der Waals surface area contributed by atoms with E-state index in [0.29, 0.717) is 0 Å². The number of hydrogen-bond acceptors (Lipinski definition) is 6. The van der Waals surface area contributed by atoms with Gasteiger partial charge in [0, 0.05) is 13.1 Å². The molecular formula is C21H25NO7. The third kappa shape index (κ3) is 6.37. The fraction of sp³-hybridized carbons (Fsp3) is 0.333. The van der Waals surface area contributed by atoms with Gasteiger partial charge in [-0.05, 0) is 23.7 Å². The van der Waals surface area contributed by atoms with E-state index in [-0.39, 0.29) is 6.10 Å². The molecule has 4 N–H and O–H groups in total. The molecule has 156 valence electrons. The van der Waals surface area contributed by atoms with Crippen LogP contribution in [0.1, 0.15) is 22.8 Å². The molecule has 0 aliphatic carbocycles. The maximum Gasteiger partial charge on any atom is 0.335 e. The lowest BCUT2D eigenvalue weighted by atomic mass is 9.96. The average molecular weight is 403 g/mol. The fourth-order valence-electron chi connectivity index (χ4n) is 2.89. The predicted molar refractivity (Wildman–Crippen MR) is 104 cm³/mol. The second-order valence-electron chi connectivity index (χ2n) is 6.66. The Kier molecular flexibility index (Phi) is 8.29.